The summed E-state index contributed by atoms with van der Waals surface area (Å²) in [6.07, 6.45) is 3.66. The molecule has 0 unspecified atom stereocenters. The standard InChI is InChI=1S/C8H8N4/c1-2-3-7-11-5-6(4-9)8(10)12-7/h2,5H,1,3H2,(H2,10,11,12). The van der Waals surface area contributed by atoms with Gasteiger partial charge in [0.1, 0.15) is 23.3 Å². The van der Waals surface area contributed by atoms with Gasteiger partial charge in [-0.05, 0) is 0 Å². The van der Waals surface area contributed by atoms with Gasteiger partial charge < -0.3 is 5.73 Å². The van der Waals surface area contributed by atoms with Crippen LogP contribution >= 0.6 is 0 Å². The molecule has 0 spiro atoms. The minimum atomic E-state index is 0.226. The van der Waals surface area contributed by atoms with Gasteiger partial charge in [0, 0.05) is 6.42 Å². The van der Waals surface area contributed by atoms with Crippen molar-refractivity contribution in [1.82, 2.24) is 9.97 Å². The zero-order valence-electron chi connectivity index (χ0n) is 6.49. The molecule has 4 nitrogen and oxygen atoms in total. The topological polar surface area (TPSA) is 75.6 Å². The van der Waals surface area contributed by atoms with Crippen molar-refractivity contribution in [1.29, 1.82) is 5.26 Å². The largest absolute Gasteiger partial charge is 0.382 e. The van der Waals surface area contributed by atoms with Crippen LogP contribution in [0.4, 0.5) is 5.82 Å². The Morgan fingerprint density at radius 2 is 2.50 bits per heavy atom. The Balaban J connectivity index is 3.03. The molecule has 0 radical (unpaired) electrons. The third-order valence-electron chi connectivity index (χ3n) is 1.32. The number of nitrogen functional groups attached to an aromatic ring is 1. The van der Waals surface area contributed by atoms with E-state index in [2.05, 4.69) is 16.5 Å². The molecule has 0 atom stereocenters. The van der Waals surface area contributed by atoms with Crippen LogP contribution in [-0.2, 0) is 6.42 Å². The van der Waals surface area contributed by atoms with Crippen LogP contribution < -0.4 is 5.73 Å². The van der Waals surface area contributed by atoms with Crippen molar-refractivity contribution in [2.45, 2.75) is 6.42 Å². The fourth-order valence-electron chi connectivity index (χ4n) is 0.747. The summed E-state index contributed by atoms with van der Waals surface area (Å²) in [4.78, 5) is 7.82. The summed E-state index contributed by atoms with van der Waals surface area (Å²) in [5.41, 5.74) is 5.76. The van der Waals surface area contributed by atoms with E-state index in [0.29, 0.717) is 17.8 Å². The maximum Gasteiger partial charge on any atom is 0.145 e. The van der Waals surface area contributed by atoms with Crippen LogP contribution in [0.25, 0.3) is 0 Å². The van der Waals surface area contributed by atoms with Gasteiger partial charge in [0.25, 0.3) is 0 Å². The summed E-state index contributed by atoms with van der Waals surface area (Å²) in [6.45, 7) is 3.54. The molecule has 1 aromatic heterocycles. The van der Waals surface area contributed by atoms with E-state index in [0.717, 1.165) is 0 Å². The quantitative estimate of drug-likeness (QED) is 0.645. The highest BCUT2D eigenvalue weighted by Crippen LogP contribution is 2.05. The second-order valence-corrected chi connectivity index (χ2v) is 2.19. The molecule has 4 heteroatoms. The van der Waals surface area contributed by atoms with E-state index in [1.807, 2.05) is 6.07 Å². The molecule has 0 aliphatic heterocycles. The number of anilines is 1. The van der Waals surface area contributed by atoms with Crippen LogP contribution in [0.15, 0.2) is 18.9 Å². The molecule has 0 aromatic carbocycles. The van der Waals surface area contributed by atoms with Crippen molar-refractivity contribution in [3.05, 3.63) is 30.2 Å². The van der Waals surface area contributed by atoms with Gasteiger partial charge in [0.15, 0.2) is 0 Å². The fraction of sp³-hybridized carbons (Fsp3) is 0.125. The third kappa shape index (κ3) is 1.58. The lowest BCUT2D eigenvalue weighted by Gasteiger charge is -1.97. The highest BCUT2D eigenvalue weighted by atomic mass is 14.9. The first-order valence-electron chi connectivity index (χ1n) is 3.40. The average Bonchev–Trinajstić information content (AvgIpc) is 2.05. The van der Waals surface area contributed by atoms with E-state index in [4.69, 9.17) is 11.0 Å². The van der Waals surface area contributed by atoms with Gasteiger partial charge in [0.2, 0.25) is 0 Å². The molecule has 0 aliphatic rings. The first-order valence-corrected chi connectivity index (χ1v) is 3.40. The van der Waals surface area contributed by atoms with Crippen molar-refractivity contribution in [2.75, 3.05) is 5.73 Å². The van der Waals surface area contributed by atoms with E-state index in [1.165, 1.54) is 6.20 Å². The van der Waals surface area contributed by atoms with E-state index in [-0.39, 0.29) is 5.82 Å². The summed E-state index contributed by atoms with van der Waals surface area (Å²) in [6, 6.07) is 1.89. The zero-order chi connectivity index (χ0) is 8.97. The Bertz CT molecular complexity index is 337. The predicted molar refractivity (Wildman–Crippen MR) is 45.1 cm³/mol. The smallest absolute Gasteiger partial charge is 0.145 e. The van der Waals surface area contributed by atoms with Crippen molar-refractivity contribution in [3.63, 3.8) is 0 Å². The van der Waals surface area contributed by atoms with Gasteiger partial charge in [-0.25, -0.2) is 9.97 Å². The first-order chi connectivity index (χ1) is 5.77. The molecule has 12 heavy (non-hydrogen) atoms. The normalized spacial score (nSPS) is 8.92. The van der Waals surface area contributed by atoms with Crippen LogP contribution in [0.5, 0.6) is 0 Å². The Kier molecular flexibility index (Phi) is 2.38. The van der Waals surface area contributed by atoms with Crippen molar-refractivity contribution in [2.24, 2.45) is 0 Å². The van der Waals surface area contributed by atoms with E-state index < -0.39 is 0 Å². The summed E-state index contributed by atoms with van der Waals surface area (Å²) in [5.74, 6) is 0.811. The average molecular weight is 160 g/mol. The van der Waals surface area contributed by atoms with Crippen LogP contribution in [0.2, 0.25) is 0 Å². The fourth-order valence-corrected chi connectivity index (χ4v) is 0.747. The number of aromatic nitrogens is 2. The lowest BCUT2D eigenvalue weighted by atomic mass is 10.3. The monoisotopic (exact) mass is 160 g/mol. The molecule has 1 aromatic rings. The molecule has 0 saturated carbocycles. The minimum absolute atomic E-state index is 0.226. The predicted octanol–water partition coefficient (Wildman–Crippen LogP) is 0.659. The molecular formula is C8H8N4. The maximum absolute atomic E-state index is 8.51. The molecular weight excluding hydrogens is 152 g/mol. The van der Waals surface area contributed by atoms with Crippen LogP contribution in [0, 0.1) is 11.3 Å². The lowest BCUT2D eigenvalue weighted by molar-refractivity contribution is 0.992. The Morgan fingerprint density at radius 1 is 1.75 bits per heavy atom. The highest BCUT2D eigenvalue weighted by Gasteiger charge is 2.00. The molecule has 1 heterocycles. The number of allylic oxidation sites excluding steroid dienone is 1. The van der Waals surface area contributed by atoms with E-state index >= 15 is 0 Å². The first kappa shape index (κ1) is 8.21. The molecule has 2 N–H and O–H groups in total. The third-order valence-corrected chi connectivity index (χ3v) is 1.32. The van der Waals surface area contributed by atoms with Gasteiger partial charge >= 0.3 is 0 Å². The van der Waals surface area contributed by atoms with Crippen molar-refractivity contribution in [3.8, 4) is 6.07 Å². The number of hydrogen-bond donors (Lipinski definition) is 1. The Hall–Kier alpha value is -1.89. The van der Waals surface area contributed by atoms with Gasteiger partial charge in [-0.3, -0.25) is 0 Å². The van der Waals surface area contributed by atoms with Crippen LogP contribution in [0.1, 0.15) is 11.4 Å². The number of nitrogens with two attached hydrogens (primary N) is 1. The molecule has 1 rings (SSSR count). The number of nitrogens with zero attached hydrogens (tertiary/aromatic N) is 3. The summed E-state index contributed by atoms with van der Waals surface area (Å²) < 4.78 is 0. The molecule has 0 aliphatic carbocycles. The number of nitriles is 1. The number of hydrogen-bond acceptors (Lipinski definition) is 4. The van der Waals surface area contributed by atoms with Crippen molar-refractivity contribution >= 4 is 5.82 Å². The van der Waals surface area contributed by atoms with Gasteiger partial charge in [0.05, 0.1) is 6.20 Å². The summed E-state index contributed by atoms with van der Waals surface area (Å²) in [7, 11) is 0. The van der Waals surface area contributed by atoms with Crippen molar-refractivity contribution < 1.29 is 0 Å². The zero-order valence-corrected chi connectivity index (χ0v) is 6.49. The highest BCUT2D eigenvalue weighted by molar-refractivity contribution is 5.46. The van der Waals surface area contributed by atoms with Gasteiger partial charge in [-0.15, -0.1) is 6.58 Å². The van der Waals surface area contributed by atoms with Gasteiger partial charge in [-0.1, -0.05) is 6.08 Å². The van der Waals surface area contributed by atoms with Crippen LogP contribution in [-0.4, -0.2) is 9.97 Å². The summed E-state index contributed by atoms with van der Waals surface area (Å²) in [5, 5.41) is 8.51. The lowest BCUT2D eigenvalue weighted by Crippen LogP contribution is -2.00. The number of rotatable bonds is 2. The SMILES string of the molecule is C=CCc1ncc(C#N)c(N)n1. The molecule has 0 bridgehead atoms. The molecule has 0 saturated heterocycles. The molecule has 0 fully saturated rings. The second-order valence-electron chi connectivity index (χ2n) is 2.19. The van der Waals surface area contributed by atoms with E-state index in [9.17, 15) is 0 Å². The molecule has 0 amide bonds. The second kappa shape index (κ2) is 3.49. The maximum atomic E-state index is 8.51. The summed E-state index contributed by atoms with van der Waals surface area (Å²) >= 11 is 0. The Morgan fingerprint density at radius 3 is 3.00 bits per heavy atom. The Labute approximate surface area is 70.4 Å². The van der Waals surface area contributed by atoms with Crippen LogP contribution in [0.3, 0.4) is 0 Å². The van der Waals surface area contributed by atoms with Gasteiger partial charge in [-0.2, -0.15) is 5.26 Å². The molecule has 60 valence electrons. The minimum Gasteiger partial charge on any atom is -0.382 e. The van der Waals surface area contributed by atoms with E-state index in [1.54, 1.807) is 6.08 Å².